The summed E-state index contributed by atoms with van der Waals surface area (Å²) >= 11 is 7.80. The Morgan fingerprint density at radius 1 is 1.17 bits per heavy atom. The van der Waals surface area contributed by atoms with Crippen molar-refractivity contribution in [2.75, 3.05) is 11.9 Å². The number of nitrogens with one attached hydrogen (secondary N) is 1. The Labute approximate surface area is 183 Å². The third kappa shape index (κ3) is 4.10. The molecule has 1 aromatic carbocycles. The van der Waals surface area contributed by atoms with Gasteiger partial charge in [0.2, 0.25) is 5.01 Å². The molecule has 7 nitrogen and oxygen atoms in total. The zero-order chi connectivity index (χ0) is 21.5. The van der Waals surface area contributed by atoms with Crippen molar-refractivity contribution in [1.29, 1.82) is 0 Å². The van der Waals surface area contributed by atoms with Crippen LogP contribution in [-0.4, -0.2) is 35.4 Å². The van der Waals surface area contributed by atoms with Gasteiger partial charge < -0.3 is 5.32 Å². The third-order valence-electron chi connectivity index (χ3n) is 4.41. The van der Waals surface area contributed by atoms with Crippen LogP contribution in [0.4, 0.5) is 14.5 Å². The lowest BCUT2D eigenvalue weighted by Crippen LogP contribution is -2.30. The largest absolute Gasteiger partial charge is 0.320 e. The Balaban J connectivity index is 1.54. The Bertz CT molecular complexity index is 1210. The van der Waals surface area contributed by atoms with Gasteiger partial charge in [0.05, 0.1) is 10.4 Å². The Kier molecular flexibility index (Phi) is 5.86. The molecule has 1 N–H and O–H groups in total. The van der Waals surface area contributed by atoms with Crippen LogP contribution >= 0.6 is 34.3 Å². The normalized spacial score (nSPS) is 17.4. The molecule has 4 rings (SSSR count). The van der Waals surface area contributed by atoms with Crippen molar-refractivity contribution in [2.24, 2.45) is 0 Å². The van der Waals surface area contributed by atoms with Gasteiger partial charge in [-0.15, -0.1) is 21.5 Å². The molecular weight excluding hydrogens is 478 g/mol. The molecule has 0 spiro atoms. The lowest BCUT2D eigenvalue weighted by molar-refractivity contribution is 0.102. The first-order chi connectivity index (χ1) is 14.3. The third-order valence-corrected chi connectivity index (χ3v) is 9.04. The maximum absolute atomic E-state index is 13.3. The van der Waals surface area contributed by atoms with Gasteiger partial charge in [-0.2, -0.15) is 4.31 Å². The van der Waals surface area contributed by atoms with Crippen molar-refractivity contribution in [1.82, 2.24) is 14.5 Å². The number of anilines is 1. The van der Waals surface area contributed by atoms with Gasteiger partial charge in [-0.05, 0) is 37.1 Å². The summed E-state index contributed by atoms with van der Waals surface area (Å²) in [5.74, 6) is -2.77. The molecule has 1 aliphatic heterocycles. The number of amides is 1. The summed E-state index contributed by atoms with van der Waals surface area (Å²) < 4.78 is 54.1. The van der Waals surface area contributed by atoms with Crippen LogP contribution < -0.4 is 5.32 Å². The zero-order valence-corrected chi connectivity index (χ0v) is 18.2. The molecule has 13 heteroatoms. The molecule has 0 bridgehead atoms. The first-order valence-electron chi connectivity index (χ1n) is 8.62. The van der Waals surface area contributed by atoms with E-state index >= 15 is 0 Å². The van der Waals surface area contributed by atoms with Crippen LogP contribution in [0.3, 0.4) is 0 Å². The predicted molar refractivity (Wildman–Crippen MR) is 109 cm³/mol. The van der Waals surface area contributed by atoms with E-state index < -0.39 is 33.6 Å². The highest BCUT2D eigenvalue weighted by molar-refractivity contribution is 7.91. The van der Waals surface area contributed by atoms with Crippen LogP contribution in [0.25, 0.3) is 0 Å². The summed E-state index contributed by atoms with van der Waals surface area (Å²) in [5.41, 5.74) is 0.0651. The molecule has 1 amide bonds. The fraction of sp³-hybridized carbons (Fsp3) is 0.235. The van der Waals surface area contributed by atoms with E-state index in [0.717, 1.165) is 34.8 Å². The molecule has 0 unspecified atom stereocenters. The second-order valence-corrected chi connectivity index (χ2v) is 11.2. The molecule has 2 aromatic heterocycles. The fourth-order valence-electron chi connectivity index (χ4n) is 3.05. The van der Waals surface area contributed by atoms with Crippen LogP contribution in [-0.2, 0) is 10.0 Å². The molecule has 3 aromatic rings. The van der Waals surface area contributed by atoms with Gasteiger partial charge in [0, 0.05) is 18.3 Å². The van der Waals surface area contributed by atoms with Gasteiger partial charge in [-0.1, -0.05) is 22.9 Å². The topological polar surface area (TPSA) is 92.3 Å². The fourth-order valence-corrected chi connectivity index (χ4v) is 7.27. The van der Waals surface area contributed by atoms with Crippen LogP contribution in [0.1, 0.15) is 33.7 Å². The molecule has 1 aliphatic rings. The first-order valence-corrected chi connectivity index (χ1v) is 12.1. The van der Waals surface area contributed by atoms with E-state index in [2.05, 4.69) is 15.5 Å². The minimum atomic E-state index is -3.76. The zero-order valence-electron chi connectivity index (χ0n) is 15.0. The van der Waals surface area contributed by atoms with E-state index in [1.165, 1.54) is 22.5 Å². The van der Waals surface area contributed by atoms with E-state index in [-0.39, 0.29) is 14.9 Å². The summed E-state index contributed by atoms with van der Waals surface area (Å²) in [6.45, 7) is 0.318. The van der Waals surface area contributed by atoms with E-state index in [9.17, 15) is 22.0 Å². The summed E-state index contributed by atoms with van der Waals surface area (Å²) in [6.07, 6.45) is 1.18. The van der Waals surface area contributed by atoms with Crippen LogP contribution in [0.2, 0.25) is 4.34 Å². The number of thiophene rings is 1. The Morgan fingerprint density at radius 2 is 1.97 bits per heavy atom. The lowest BCUT2D eigenvalue weighted by atomic mass is 10.2. The minimum Gasteiger partial charge on any atom is -0.320 e. The van der Waals surface area contributed by atoms with Crippen LogP contribution in [0.15, 0.2) is 34.5 Å². The number of carbonyl (C=O) groups is 1. The second kappa shape index (κ2) is 8.27. The van der Waals surface area contributed by atoms with E-state index in [1.807, 2.05) is 0 Å². The first kappa shape index (κ1) is 21.2. The van der Waals surface area contributed by atoms with E-state index in [4.69, 9.17) is 11.6 Å². The smallest absolute Gasteiger partial charge is 0.286 e. The van der Waals surface area contributed by atoms with Gasteiger partial charge in [-0.3, -0.25) is 4.79 Å². The highest BCUT2D eigenvalue weighted by Crippen LogP contribution is 2.39. The van der Waals surface area contributed by atoms with Crippen molar-refractivity contribution in [3.8, 4) is 0 Å². The van der Waals surface area contributed by atoms with Gasteiger partial charge in [0.15, 0.2) is 11.6 Å². The minimum absolute atomic E-state index is 0.0156. The summed E-state index contributed by atoms with van der Waals surface area (Å²) in [6, 6.07) is 5.41. The van der Waals surface area contributed by atoms with Crippen molar-refractivity contribution in [3.63, 3.8) is 0 Å². The quantitative estimate of drug-likeness (QED) is 0.575. The molecule has 30 heavy (non-hydrogen) atoms. The average molecular weight is 491 g/mol. The van der Waals surface area contributed by atoms with Crippen molar-refractivity contribution in [3.05, 3.63) is 56.3 Å². The molecule has 0 aliphatic carbocycles. The molecule has 1 fully saturated rings. The van der Waals surface area contributed by atoms with Crippen molar-refractivity contribution in [2.45, 2.75) is 23.1 Å². The number of carbonyl (C=O) groups excluding carboxylic acids is 1. The second-order valence-electron chi connectivity index (χ2n) is 6.36. The number of nitrogens with zero attached hydrogens (tertiary/aromatic N) is 3. The van der Waals surface area contributed by atoms with Crippen molar-refractivity contribution >= 4 is 55.9 Å². The maximum Gasteiger partial charge on any atom is 0.286 e. The standard InChI is InChI=1S/C17H13ClF2N4O3S3/c18-13-5-6-14(28-13)30(26,27)24-7-1-2-12(24)16-22-23-17(29-16)15(25)21-9-3-4-10(19)11(20)8-9/h3-6,8,12H,1-2,7H2,(H,21,25)/t12-/m1/s1. The Morgan fingerprint density at radius 3 is 2.67 bits per heavy atom. The monoisotopic (exact) mass is 490 g/mol. The summed E-state index contributed by atoms with van der Waals surface area (Å²) in [5, 5.41) is 10.6. The molecule has 0 saturated carbocycles. The van der Waals surface area contributed by atoms with Crippen LogP contribution in [0, 0.1) is 11.6 Å². The highest BCUT2D eigenvalue weighted by Gasteiger charge is 2.39. The van der Waals surface area contributed by atoms with Gasteiger partial charge in [-0.25, -0.2) is 17.2 Å². The van der Waals surface area contributed by atoms with Crippen LogP contribution in [0.5, 0.6) is 0 Å². The lowest BCUT2D eigenvalue weighted by Gasteiger charge is -2.21. The average Bonchev–Trinajstić information content (AvgIpc) is 3.43. The molecule has 3 heterocycles. The SMILES string of the molecule is O=C(Nc1ccc(F)c(F)c1)c1nnc([C@H]2CCCN2S(=O)(=O)c2ccc(Cl)s2)s1. The number of rotatable bonds is 5. The van der Waals surface area contributed by atoms with Gasteiger partial charge in [0.1, 0.15) is 9.22 Å². The maximum atomic E-state index is 13.3. The summed E-state index contributed by atoms with van der Waals surface area (Å²) in [4.78, 5) is 12.4. The van der Waals surface area contributed by atoms with Gasteiger partial charge in [0.25, 0.3) is 15.9 Å². The van der Waals surface area contributed by atoms with Gasteiger partial charge >= 0.3 is 0 Å². The highest BCUT2D eigenvalue weighted by atomic mass is 35.5. The number of benzene rings is 1. The number of sulfonamides is 1. The van der Waals surface area contributed by atoms with E-state index in [0.29, 0.717) is 28.7 Å². The molecular formula is C17H13ClF2N4O3S3. The number of aromatic nitrogens is 2. The van der Waals surface area contributed by atoms with Crippen molar-refractivity contribution < 1.29 is 22.0 Å². The number of hydrogen-bond acceptors (Lipinski definition) is 7. The number of hydrogen-bond donors (Lipinski definition) is 1. The van der Waals surface area contributed by atoms with E-state index in [1.54, 1.807) is 0 Å². The Hall–Kier alpha value is -1.99. The molecule has 0 radical (unpaired) electrons. The predicted octanol–water partition coefficient (Wildman–Crippen LogP) is 4.31. The summed E-state index contributed by atoms with van der Waals surface area (Å²) in [7, 11) is -3.76. The molecule has 1 saturated heterocycles. The molecule has 158 valence electrons. The number of halogens is 3. The molecule has 1 atom stereocenters.